The Balaban J connectivity index is 1.94. The summed E-state index contributed by atoms with van der Waals surface area (Å²) in [6.45, 7) is 3.63. The van der Waals surface area contributed by atoms with Crippen LogP contribution < -0.4 is 5.73 Å². The maximum absolute atomic E-state index is 5.55. The highest BCUT2D eigenvalue weighted by atomic mass is 16.5. The Hall–Kier alpha value is -0.0800. The van der Waals surface area contributed by atoms with Gasteiger partial charge in [-0.15, -0.1) is 0 Å². The molecule has 0 aliphatic heterocycles. The fourth-order valence-electron chi connectivity index (χ4n) is 1.60. The lowest BCUT2D eigenvalue weighted by atomic mass is 10.1. The zero-order chi connectivity index (χ0) is 8.10. The van der Waals surface area contributed by atoms with Gasteiger partial charge in [-0.2, -0.15) is 0 Å². The molecule has 1 aliphatic carbocycles. The molecule has 0 aromatic heterocycles. The quantitative estimate of drug-likeness (QED) is 0.672. The normalized spacial score (nSPS) is 22.4. The van der Waals surface area contributed by atoms with Crippen molar-refractivity contribution in [2.24, 2.45) is 11.7 Å². The summed E-state index contributed by atoms with van der Waals surface area (Å²) >= 11 is 0. The third kappa shape index (κ3) is 3.73. The summed E-state index contributed by atoms with van der Waals surface area (Å²) in [7, 11) is 0. The van der Waals surface area contributed by atoms with Crippen molar-refractivity contribution in [3.05, 3.63) is 0 Å². The van der Waals surface area contributed by atoms with E-state index in [4.69, 9.17) is 10.5 Å². The van der Waals surface area contributed by atoms with E-state index in [2.05, 4.69) is 0 Å². The Bertz CT molecular complexity index is 97.7. The first-order valence-corrected chi connectivity index (χ1v) is 4.62. The van der Waals surface area contributed by atoms with Crippen molar-refractivity contribution in [3.8, 4) is 0 Å². The van der Waals surface area contributed by atoms with Crippen LogP contribution in [-0.4, -0.2) is 19.3 Å². The molecule has 0 aromatic rings. The van der Waals surface area contributed by atoms with E-state index < -0.39 is 0 Å². The van der Waals surface area contributed by atoms with Gasteiger partial charge in [-0.3, -0.25) is 0 Å². The van der Waals surface area contributed by atoms with Gasteiger partial charge in [0.05, 0.1) is 6.61 Å². The smallest absolute Gasteiger partial charge is 0.0614 e. The Morgan fingerprint density at radius 3 is 2.64 bits per heavy atom. The van der Waals surface area contributed by atoms with Gasteiger partial charge in [0.25, 0.3) is 0 Å². The molecule has 0 amide bonds. The number of hydrogen-bond donors (Lipinski definition) is 1. The molecule has 2 nitrogen and oxygen atoms in total. The first-order valence-electron chi connectivity index (χ1n) is 4.62. The second-order valence-corrected chi connectivity index (χ2v) is 3.67. The summed E-state index contributed by atoms with van der Waals surface area (Å²) in [6.07, 6.45) is 5.51. The summed E-state index contributed by atoms with van der Waals surface area (Å²) in [5.74, 6) is 0.828. The third-order valence-electron chi connectivity index (χ3n) is 2.21. The Morgan fingerprint density at radius 2 is 2.09 bits per heavy atom. The average molecular weight is 157 g/mol. The topological polar surface area (TPSA) is 35.2 Å². The number of ether oxygens (including phenoxy) is 1. The summed E-state index contributed by atoms with van der Waals surface area (Å²) in [4.78, 5) is 0. The highest BCUT2D eigenvalue weighted by Gasteiger charge is 2.14. The second-order valence-electron chi connectivity index (χ2n) is 3.67. The second kappa shape index (κ2) is 4.73. The van der Waals surface area contributed by atoms with Crippen molar-refractivity contribution in [1.82, 2.24) is 0 Å². The van der Waals surface area contributed by atoms with Crippen LogP contribution in [0.1, 0.15) is 32.6 Å². The molecule has 0 bridgehead atoms. The van der Waals surface area contributed by atoms with E-state index in [1.165, 1.54) is 25.7 Å². The van der Waals surface area contributed by atoms with Crippen LogP contribution in [0, 0.1) is 5.92 Å². The van der Waals surface area contributed by atoms with Crippen molar-refractivity contribution in [2.45, 2.75) is 38.6 Å². The maximum atomic E-state index is 5.55. The average Bonchev–Trinajstić information content (AvgIpc) is 2.39. The fourth-order valence-corrected chi connectivity index (χ4v) is 1.60. The molecule has 2 N–H and O–H groups in total. The van der Waals surface area contributed by atoms with Crippen LogP contribution in [0.15, 0.2) is 0 Å². The predicted octanol–water partition coefficient (Wildman–Crippen LogP) is 1.54. The van der Waals surface area contributed by atoms with Gasteiger partial charge in [0, 0.05) is 12.6 Å². The monoisotopic (exact) mass is 157 g/mol. The first kappa shape index (κ1) is 9.01. The highest BCUT2D eigenvalue weighted by Crippen LogP contribution is 2.24. The lowest BCUT2D eigenvalue weighted by Gasteiger charge is -2.11. The molecule has 0 saturated heterocycles. The van der Waals surface area contributed by atoms with Gasteiger partial charge in [0.15, 0.2) is 0 Å². The molecule has 1 fully saturated rings. The molecule has 1 atom stereocenters. The van der Waals surface area contributed by atoms with E-state index in [-0.39, 0.29) is 6.04 Å². The molecule has 66 valence electrons. The van der Waals surface area contributed by atoms with Crippen LogP contribution in [0.3, 0.4) is 0 Å². The minimum Gasteiger partial charge on any atom is -0.380 e. The number of nitrogens with two attached hydrogens (primary N) is 1. The summed E-state index contributed by atoms with van der Waals surface area (Å²) in [5.41, 5.74) is 5.55. The number of hydrogen-bond acceptors (Lipinski definition) is 2. The van der Waals surface area contributed by atoms with Crippen LogP contribution in [-0.2, 0) is 4.74 Å². The van der Waals surface area contributed by atoms with Gasteiger partial charge < -0.3 is 10.5 Å². The molecule has 0 radical (unpaired) electrons. The Labute approximate surface area is 69.1 Å². The van der Waals surface area contributed by atoms with Gasteiger partial charge in [-0.1, -0.05) is 12.8 Å². The van der Waals surface area contributed by atoms with Crippen molar-refractivity contribution in [2.75, 3.05) is 13.2 Å². The fraction of sp³-hybridized carbons (Fsp3) is 1.00. The first-order chi connectivity index (χ1) is 5.29. The SMILES string of the molecule is C[C@@H](N)COCC1CCCC1. The lowest BCUT2D eigenvalue weighted by molar-refractivity contribution is 0.0934. The Kier molecular flexibility index (Phi) is 3.87. The highest BCUT2D eigenvalue weighted by molar-refractivity contribution is 4.66. The minimum atomic E-state index is 0.191. The largest absolute Gasteiger partial charge is 0.380 e. The van der Waals surface area contributed by atoms with Crippen molar-refractivity contribution >= 4 is 0 Å². The molecular formula is C9H19NO. The van der Waals surface area contributed by atoms with Gasteiger partial charge in [-0.05, 0) is 25.7 Å². The molecule has 1 aliphatic rings. The van der Waals surface area contributed by atoms with Crippen molar-refractivity contribution in [1.29, 1.82) is 0 Å². The van der Waals surface area contributed by atoms with E-state index in [0.717, 1.165) is 19.1 Å². The van der Waals surface area contributed by atoms with E-state index in [9.17, 15) is 0 Å². The molecular weight excluding hydrogens is 138 g/mol. The standard InChI is InChI=1S/C9H19NO/c1-8(10)6-11-7-9-4-2-3-5-9/h8-9H,2-7,10H2,1H3/t8-/m1/s1. The molecule has 0 aromatic carbocycles. The van der Waals surface area contributed by atoms with Crippen LogP contribution >= 0.6 is 0 Å². The summed E-state index contributed by atoms with van der Waals surface area (Å²) < 4.78 is 5.45. The molecule has 2 heteroatoms. The maximum Gasteiger partial charge on any atom is 0.0614 e. The molecule has 0 unspecified atom stereocenters. The Morgan fingerprint density at radius 1 is 1.45 bits per heavy atom. The van der Waals surface area contributed by atoms with E-state index in [1.807, 2.05) is 6.92 Å². The molecule has 0 spiro atoms. The van der Waals surface area contributed by atoms with Crippen molar-refractivity contribution in [3.63, 3.8) is 0 Å². The van der Waals surface area contributed by atoms with Crippen molar-refractivity contribution < 1.29 is 4.74 Å². The van der Waals surface area contributed by atoms with Gasteiger partial charge in [0.2, 0.25) is 0 Å². The molecule has 1 saturated carbocycles. The van der Waals surface area contributed by atoms with Crippen LogP contribution in [0.2, 0.25) is 0 Å². The van der Waals surface area contributed by atoms with Crippen LogP contribution in [0.4, 0.5) is 0 Å². The summed E-state index contributed by atoms with van der Waals surface area (Å²) in [6, 6.07) is 0.191. The zero-order valence-corrected chi connectivity index (χ0v) is 7.38. The van der Waals surface area contributed by atoms with Gasteiger partial charge in [-0.25, -0.2) is 0 Å². The van der Waals surface area contributed by atoms with Crippen LogP contribution in [0.5, 0.6) is 0 Å². The zero-order valence-electron chi connectivity index (χ0n) is 7.38. The molecule has 11 heavy (non-hydrogen) atoms. The third-order valence-corrected chi connectivity index (χ3v) is 2.21. The van der Waals surface area contributed by atoms with E-state index >= 15 is 0 Å². The predicted molar refractivity (Wildman–Crippen MR) is 46.4 cm³/mol. The van der Waals surface area contributed by atoms with E-state index in [0.29, 0.717) is 0 Å². The van der Waals surface area contributed by atoms with Crippen LogP contribution in [0.25, 0.3) is 0 Å². The molecule has 0 heterocycles. The van der Waals surface area contributed by atoms with Gasteiger partial charge >= 0.3 is 0 Å². The van der Waals surface area contributed by atoms with E-state index in [1.54, 1.807) is 0 Å². The van der Waals surface area contributed by atoms with Gasteiger partial charge in [0.1, 0.15) is 0 Å². The lowest BCUT2D eigenvalue weighted by Crippen LogP contribution is -2.23. The minimum absolute atomic E-state index is 0.191. The summed E-state index contributed by atoms with van der Waals surface area (Å²) in [5, 5.41) is 0. The number of rotatable bonds is 4. The molecule has 1 rings (SSSR count).